The van der Waals surface area contributed by atoms with Crippen LogP contribution in [0.25, 0.3) is 0 Å². The molecule has 3 heterocycles. The Bertz CT molecular complexity index is 426. The lowest BCUT2D eigenvalue weighted by Gasteiger charge is -2.37. The Morgan fingerprint density at radius 3 is 3.31 bits per heavy atom. The van der Waals surface area contributed by atoms with Gasteiger partial charge in [-0.25, -0.2) is 4.79 Å². The Morgan fingerprint density at radius 2 is 2.38 bits per heavy atom. The smallest absolute Gasteiger partial charge is 0.332 e. The second-order valence-electron chi connectivity index (χ2n) is 5.29. The van der Waals surface area contributed by atoms with Gasteiger partial charge >= 0.3 is 5.97 Å². The average molecular weight is 217 g/mol. The highest BCUT2D eigenvalue weighted by atomic mass is 16.6. The molecule has 0 saturated carbocycles. The van der Waals surface area contributed by atoms with Gasteiger partial charge in [-0.2, -0.15) is 0 Å². The molecular weight excluding hydrogens is 202 g/mol. The highest BCUT2D eigenvalue weighted by Gasteiger charge is 2.59. The first kappa shape index (κ1) is 8.99. The summed E-state index contributed by atoms with van der Waals surface area (Å²) in [6, 6.07) is 0.923. The zero-order chi connectivity index (χ0) is 10.8. The van der Waals surface area contributed by atoms with E-state index in [1.807, 2.05) is 0 Å². The molecule has 2 fully saturated rings. The lowest BCUT2D eigenvalue weighted by molar-refractivity contribution is -0.148. The zero-order valence-corrected chi connectivity index (χ0v) is 9.19. The first-order valence-corrected chi connectivity index (χ1v) is 6.19. The van der Waals surface area contributed by atoms with Crippen LogP contribution in [-0.2, 0) is 9.53 Å². The van der Waals surface area contributed by atoms with Crippen LogP contribution in [0.15, 0.2) is 23.8 Å². The van der Waals surface area contributed by atoms with Crippen molar-refractivity contribution in [1.29, 1.82) is 0 Å². The van der Waals surface area contributed by atoms with E-state index in [9.17, 15) is 4.79 Å². The SMILES string of the molecule is O=C1C=C2C=C[C@H]3CC2(O1)C1CCCCN13. The van der Waals surface area contributed by atoms with Gasteiger partial charge in [0.2, 0.25) is 0 Å². The fraction of sp³-hybridized carbons (Fsp3) is 0.615. The maximum Gasteiger partial charge on any atom is 0.332 e. The van der Waals surface area contributed by atoms with Crippen LogP contribution >= 0.6 is 0 Å². The molecule has 1 spiro atoms. The second-order valence-corrected chi connectivity index (χ2v) is 5.29. The number of fused-ring (bicyclic) bond motifs is 3. The van der Waals surface area contributed by atoms with Gasteiger partial charge in [-0.15, -0.1) is 0 Å². The third-order valence-electron chi connectivity index (χ3n) is 4.56. The van der Waals surface area contributed by atoms with Gasteiger partial charge in [0.25, 0.3) is 0 Å². The maximum absolute atomic E-state index is 11.5. The topological polar surface area (TPSA) is 29.5 Å². The standard InChI is InChI=1S/C13H15NO2/c15-12-7-9-4-5-10-8-13(9,16-12)11-3-1-2-6-14(10)11/h4-5,7,10-11H,1-3,6,8H2/t10-,11?,13?/m0/s1. The molecule has 2 bridgehead atoms. The Balaban J connectivity index is 1.84. The van der Waals surface area contributed by atoms with Crippen LogP contribution in [0.2, 0.25) is 0 Å². The van der Waals surface area contributed by atoms with Gasteiger partial charge in [-0.1, -0.05) is 18.6 Å². The molecule has 0 aromatic rings. The maximum atomic E-state index is 11.5. The van der Waals surface area contributed by atoms with Gasteiger partial charge in [0, 0.05) is 24.1 Å². The average Bonchev–Trinajstić information content (AvgIpc) is 2.76. The summed E-state index contributed by atoms with van der Waals surface area (Å²) in [6.07, 6.45) is 10.7. The molecule has 3 aliphatic heterocycles. The molecule has 1 aliphatic carbocycles. The number of nitrogens with zero attached hydrogens (tertiary/aromatic N) is 1. The molecule has 16 heavy (non-hydrogen) atoms. The molecule has 84 valence electrons. The van der Waals surface area contributed by atoms with Crippen molar-refractivity contribution in [1.82, 2.24) is 4.90 Å². The largest absolute Gasteiger partial charge is 0.449 e. The van der Waals surface area contributed by atoms with Crippen LogP contribution < -0.4 is 0 Å². The van der Waals surface area contributed by atoms with Crippen LogP contribution in [0.4, 0.5) is 0 Å². The van der Waals surface area contributed by atoms with Crippen molar-refractivity contribution in [2.45, 2.75) is 43.4 Å². The number of hydrogen-bond donors (Lipinski definition) is 0. The fourth-order valence-electron chi connectivity index (χ4n) is 3.94. The van der Waals surface area contributed by atoms with Crippen molar-refractivity contribution in [3.63, 3.8) is 0 Å². The summed E-state index contributed by atoms with van der Waals surface area (Å²) in [4.78, 5) is 14.1. The van der Waals surface area contributed by atoms with E-state index >= 15 is 0 Å². The van der Waals surface area contributed by atoms with E-state index in [4.69, 9.17) is 4.74 Å². The molecule has 3 atom stereocenters. The van der Waals surface area contributed by atoms with Crippen molar-refractivity contribution < 1.29 is 9.53 Å². The molecule has 0 N–H and O–H groups in total. The van der Waals surface area contributed by atoms with Gasteiger partial charge in [0.05, 0.1) is 6.04 Å². The van der Waals surface area contributed by atoms with Crippen molar-refractivity contribution in [3.8, 4) is 0 Å². The van der Waals surface area contributed by atoms with E-state index < -0.39 is 0 Å². The molecule has 2 saturated heterocycles. The minimum absolute atomic E-state index is 0.146. The summed E-state index contributed by atoms with van der Waals surface area (Å²) in [5.74, 6) is -0.146. The Hall–Kier alpha value is -1.09. The van der Waals surface area contributed by atoms with Crippen molar-refractivity contribution in [2.75, 3.05) is 6.54 Å². The summed E-state index contributed by atoms with van der Waals surface area (Å²) < 4.78 is 5.69. The molecule has 0 aromatic carbocycles. The lowest BCUT2D eigenvalue weighted by Crippen LogP contribution is -2.48. The highest BCUT2D eigenvalue weighted by Crippen LogP contribution is 2.51. The minimum atomic E-state index is -0.281. The normalized spacial score (nSPS) is 45.0. The molecule has 3 nitrogen and oxygen atoms in total. The van der Waals surface area contributed by atoms with Crippen LogP contribution in [0, 0.1) is 0 Å². The fourth-order valence-corrected chi connectivity index (χ4v) is 3.94. The first-order chi connectivity index (χ1) is 7.79. The number of carbonyl (C=O) groups is 1. The molecule has 3 heteroatoms. The Morgan fingerprint density at radius 1 is 1.44 bits per heavy atom. The Labute approximate surface area is 94.8 Å². The lowest BCUT2D eigenvalue weighted by atomic mass is 9.80. The van der Waals surface area contributed by atoms with Crippen LogP contribution in [0.1, 0.15) is 25.7 Å². The molecule has 0 radical (unpaired) electrons. The molecule has 2 unspecified atom stereocenters. The van der Waals surface area contributed by atoms with Crippen LogP contribution in [0.3, 0.4) is 0 Å². The quantitative estimate of drug-likeness (QED) is 0.574. The third kappa shape index (κ3) is 0.908. The first-order valence-electron chi connectivity index (χ1n) is 6.19. The van der Waals surface area contributed by atoms with Crippen molar-refractivity contribution >= 4 is 5.97 Å². The van der Waals surface area contributed by atoms with Gasteiger partial charge in [-0.3, -0.25) is 4.90 Å². The number of carbonyl (C=O) groups excluding carboxylic acids is 1. The van der Waals surface area contributed by atoms with Crippen LogP contribution in [-0.4, -0.2) is 35.1 Å². The van der Waals surface area contributed by atoms with E-state index in [2.05, 4.69) is 17.1 Å². The predicted octanol–water partition coefficient (Wildman–Crippen LogP) is 1.41. The predicted molar refractivity (Wildman–Crippen MR) is 58.8 cm³/mol. The van der Waals surface area contributed by atoms with Crippen molar-refractivity contribution in [2.24, 2.45) is 0 Å². The number of rotatable bonds is 0. The monoisotopic (exact) mass is 217 g/mol. The van der Waals surface area contributed by atoms with E-state index in [0.717, 1.165) is 18.5 Å². The number of piperidine rings is 1. The van der Waals surface area contributed by atoms with Gasteiger partial charge < -0.3 is 4.74 Å². The Kier molecular flexibility index (Phi) is 1.56. The van der Waals surface area contributed by atoms with Gasteiger partial charge in [-0.05, 0) is 19.4 Å². The molecular formula is C13H15NO2. The number of hydrogen-bond acceptors (Lipinski definition) is 3. The third-order valence-corrected chi connectivity index (χ3v) is 4.56. The summed E-state index contributed by atoms with van der Waals surface area (Å²) >= 11 is 0. The summed E-state index contributed by atoms with van der Waals surface area (Å²) in [7, 11) is 0. The summed E-state index contributed by atoms with van der Waals surface area (Å²) in [6.45, 7) is 1.16. The van der Waals surface area contributed by atoms with E-state index in [1.165, 1.54) is 19.3 Å². The minimum Gasteiger partial charge on any atom is -0.449 e. The van der Waals surface area contributed by atoms with E-state index in [1.54, 1.807) is 6.08 Å². The van der Waals surface area contributed by atoms with E-state index in [0.29, 0.717) is 12.1 Å². The van der Waals surface area contributed by atoms with Gasteiger partial charge in [0.1, 0.15) is 0 Å². The number of ether oxygens (including phenoxy) is 1. The zero-order valence-electron chi connectivity index (χ0n) is 9.19. The second kappa shape index (κ2) is 2.77. The molecule has 4 rings (SSSR count). The summed E-state index contributed by atoms with van der Waals surface area (Å²) in [5, 5.41) is 0. The van der Waals surface area contributed by atoms with Gasteiger partial charge in [0.15, 0.2) is 5.60 Å². The summed E-state index contributed by atoms with van der Waals surface area (Å²) in [5.41, 5.74) is 0.833. The van der Waals surface area contributed by atoms with Crippen molar-refractivity contribution in [3.05, 3.63) is 23.8 Å². The molecule has 4 aliphatic rings. The van der Waals surface area contributed by atoms with E-state index in [-0.39, 0.29) is 11.6 Å². The highest BCUT2D eigenvalue weighted by molar-refractivity contribution is 5.88. The number of esters is 1. The molecule has 0 aromatic heterocycles. The molecule has 0 amide bonds. The van der Waals surface area contributed by atoms with Crippen LogP contribution in [0.5, 0.6) is 0 Å².